The van der Waals surface area contributed by atoms with Crippen molar-refractivity contribution in [1.82, 2.24) is 0 Å². The summed E-state index contributed by atoms with van der Waals surface area (Å²) in [7, 11) is 1.55. The van der Waals surface area contributed by atoms with Gasteiger partial charge in [-0.1, -0.05) is 17.7 Å². The fraction of sp³-hybridized carbons (Fsp3) is 0.0625. The highest BCUT2D eigenvalue weighted by Gasteiger charge is 2.17. The van der Waals surface area contributed by atoms with Gasteiger partial charge in [-0.05, 0) is 30.3 Å². The molecule has 0 saturated heterocycles. The summed E-state index contributed by atoms with van der Waals surface area (Å²) in [6, 6.07) is 11.3. The molecular formula is C16H11ClFNO2S. The van der Waals surface area contributed by atoms with Crippen LogP contribution in [0.2, 0.25) is 5.02 Å². The Labute approximate surface area is 135 Å². The number of nitrogens with one attached hydrogen (secondary N) is 1. The monoisotopic (exact) mass is 335 g/mol. The first-order valence-electron chi connectivity index (χ1n) is 6.41. The van der Waals surface area contributed by atoms with Crippen LogP contribution in [0.5, 0.6) is 5.75 Å². The smallest absolute Gasteiger partial charge is 0.267 e. The molecule has 22 heavy (non-hydrogen) atoms. The van der Waals surface area contributed by atoms with E-state index in [-0.39, 0.29) is 11.7 Å². The summed E-state index contributed by atoms with van der Waals surface area (Å²) in [5.74, 6) is -0.0488. The van der Waals surface area contributed by atoms with Crippen LogP contribution in [0.1, 0.15) is 9.67 Å². The summed E-state index contributed by atoms with van der Waals surface area (Å²) >= 11 is 7.39. The molecule has 0 bridgehead atoms. The molecule has 0 saturated carbocycles. The molecule has 112 valence electrons. The highest BCUT2D eigenvalue weighted by molar-refractivity contribution is 7.21. The van der Waals surface area contributed by atoms with Gasteiger partial charge in [0.15, 0.2) is 0 Å². The highest BCUT2D eigenvalue weighted by Crippen LogP contribution is 2.36. The van der Waals surface area contributed by atoms with Gasteiger partial charge in [-0.25, -0.2) is 4.39 Å². The molecular weight excluding hydrogens is 325 g/mol. The van der Waals surface area contributed by atoms with E-state index in [2.05, 4.69) is 5.32 Å². The van der Waals surface area contributed by atoms with Gasteiger partial charge in [-0.2, -0.15) is 0 Å². The lowest BCUT2D eigenvalue weighted by Gasteiger charge is -2.06. The lowest BCUT2D eigenvalue weighted by Crippen LogP contribution is -2.10. The molecule has 2 aromatic carbocycles. The highest BCUT2D eigenvalue weighted by atomic mass is 35.5. The molecule has 0 atom stereocenters. The molecule has 0 aliphatic heterocycles. The largest absolute Gasteiger partial charge is 0.497 e. The summed E-state index contributed by atoms with van der Waals surface area (Å²) in [4.78, 5) is 12.7. The number of carbonyl (C=O) groups is 1. The zero-order valence-electron chi connectivity index (χ0n) is 11.5. The summed E-state index contributed by atoms with van der Waals surface area (Å²) in [6.45, 7) is 0. The summed E-state index contributed by atoms with van der Waals surface area (Å²) in [6.07, 6.45) is 0. The Balaban J connectivity index is 1.93. The van der Waals surface area contributed by atoms with E-state index in [9.17, 15) is 9.18 Å². The van der Waals surface area contributed by atoms with Crippen molar-refractivity contribution in [2.75, 3.05) is 12.4 Å². The van der Waals surface area contributed by atoms with Crippen molar-refractivity contribution in [3.63, 3.8) is 0 Å². The SMILES string of the molecule is COc1cccc(NC(=O)c2sc3cc(F)ccc3c2Cl)c1. The van der Waals surface area contributed by atoms with Crippen LogP contribution >= 0.6 is 22.9 Å². The summed E-state index contributed by atoms with van der Waals surface area (Å²) in [5, 5.41) is 3.77. The van der Waals surface area contributed by atoms with Crippen LogP contribution in [0.15, 0.2) is 42.5 Å². The molecule has 0 spiro atoms. The minimum atomic E-state index is -0.356. The van der Waals surface area contributed by atoms with Crippen molar-refractivity contribution in [3.8, 4) is 5.75 Å². The first kappa shape index (κ1) is 14.8. The number of ether oxygens (including phenoxy) is 1. The minimum Gasteiger partial charge on any atom is -0.497 e. The van der Waals surface area contributed by atoms with E-state index in [1.54, 1.807) is 37.4 Å². The van der Waals surface area contributed by atoms with E-state index in [0.29, 0.717) is 31.4 Å². The zero-order chi connectivity index (χ0) is 15.7. The van der Waals surface area contributed by atoms with Gasteiger partial charge >= 0.3 is 0 Å². The second-order valence-corrected chi connectivity index (χ2v) is 6.00. The number of amides is 1. The number of benzene rings is 2. The first-order chi connectivity index (χ1) is 10.6. The average molecular weight is 336 g/mol. The van der Waals surface area contributed by atoms with E-state index < -0.39 is 0 Å². The lowest BCUT2D eigenvalue weighted by molar-refractivity contribution is 0.103. The minimum absolute atomic E-state index is 0.333. The Morgan fingerprint density at radius 3 is 2.86 bits per heavy atom. The average Bonchev–Trinajstić information content (AvgIpc) is 2.84. The predicted molar refractivity (Wildman–Crippen MR) is 87.7 cm³/mol. The third-order valence-electron chi connectivity index (χ3n) is 3.13. The molecule has 0 unspecified atom stereocenters. The lowest BCUT2D eigenvalue weighted by atomic mass is 10.2. The van der Waals surface area contributed by atoms with Gasteiger partial charge in [0, 0.05) is 21.8 Å². The Bertz CT molecular complexity index is 862. The van der Waals surface area contributed by atoms with Gasteiger partial charge in [-0.3, -0.25) is 4.79 Å². The number of methoxy groups -OCH3 is 1. The Kier molecular flexibility index (Phi) is 4.00. The second-order valence-electron chi connectivity index (χ2n) is 4.57. The standard InChI is InChI=1S/C16H11ClFNO2S/c1-21-11-4-2-3-10(8-11)19-16(20)15-14(17)12-6-5-9(18)7-13(12)22-15/h2-8H,1H3,(H,19,20). The third-order valence-corrected chi connectivity index (χ3v) is 4.78. The van der Waals surface area contributed by atoms with Crippen LogP contribution in [0.4, 0.5) is 10.1 Å². The van der Waals surface area contributed by atoms with Gasteiger partial charge < -0.3 is 10.1 Å². The van der Waals surface area contributed by atoms with Crippen LogP contribution < -0.4 is 10.1 Å². The Morgan fingerprint density at radius 1 is 1.27 bits per heavy atom. The van der Waals surface area contributed by atoms with E-state index in [1.165, 1.54) is 12.1 Å². The normalized spacial score (nSPS) is 10.7. The van der Waals surface area contributed by atoms with Crippen LogP contribution in [0.25, 0.3) is 10.1 Å². The van der Waals surface area contributed by atoms with Crippen molar-refractivity contribution in [2.24, 2.45) is 0 Å². The Hall–Kier alpha value is -2.11. The molecule has 1 heterocycles. The van der Waals surface area contributed by atoms with Crippen LogP contribution in [0, 0.1) is 5.82 Å². The van der Waals surface area contributed by atoms with Crippen LogP contribution in [0.3, 0.4) is 0 Å². The van der Waals surface area contributed by atoms with E-state index >= 15 is 0 Å². The first-order valence-corrected chi connectivity index (χ1v) is 7.61. The molecule has 1 aromatic heterocycles. The van der Waals surface area contributed by atoms with E-state index in [4.69, 9.17) is 16.3 Å². The molecule has 1 amide bonds. The molecule has 0 aliphatic carbocycles. The molecule has 3 rings (SSSR count). The topological polar surface area (TPSA) is 38.3 Å². The summed E-state index contributed by atoms with van der Waals surface area (Å²) in [5.41, 5.74) is 0.601. The number of fused-ring (bicyclic) bond motifs is 1. The number of hydrogen-bond acceptors (Lipinski definition) is 3. The van der Waals surface area contributed by atoms with Crippen molar-refractivity contribution >= 4 is 44.6 Å². The number of rotatable bonds is 3. The number of carbonyl (C=O) groups excluding carboxylic acids is 1. The molecule has 3 aromatic rings. The Morgan fingerprint density at radius 2 is 2.09 bits per heavy atom. The van der Waals surface area contributed by atoms with E-state index in [1.807, 2.05) is 0 Å². The maximum absolute atomic E-state index is 13.3. The van der Waals surface area contributed by atoms with Gasteiger partial charge in [0.05, 0.1) is 12.1 Å². The van der Waals surface area contributed by atoms with Crippen molar-refractivity contribution in [2.45, 2.75) is 0 Å². The number of anilines is 1. The van der Waals surface area contributed by atoms with Crippen molar-refractivity contribution in [3.05, 3.63) is 58.2 Å². The van der Waals surface area contributed by atoms with Crippen molar-refractivity contribution in [1.29, 1.82) is 0 Å². The zero-order valence-corrected chi connectivity index (χ0v) is 13.1. The fourth-order valence-electron chi connectivity index (χ4n) is 2.07. The van der Waals surface area contributed by atoms with Gasteiger partial charge in [0.1, 0.15) is 16.4 Å². The molecule has 0 fully saturated rings. The molecule has 0 radical (unpaired) electrons. The fourth-order valence-corrected chi connectivity index (χ4v) is 3.51. The number of hydrogen-bond donors (Lipinski definition) is 1. The van der Waals surface area contributed by atoms with Crippen LogP contribution in [-0.4, -0.2) is 13.0 Å². The van der Waals surface area contributed by atoms with Gasteiger partial charge in [0.25, 0.3) is 5.91 Å². The molecule has 1 N–H and O–H groups in total. The third kappa shape index (κ3) is 2.77. The maximum Gasteiger partial charge on any atom is 0.267 e. The predicted octanol–water partition coefficient (Wildman–Crippen LogP) is 4.95. The molecule has 6 heteroatoms. The van der Waals surface area contributed by atoms with Gasteiger partial charge in [-0.15, -0.1) is 11.3 Å². The quantitative estimate of drug-likeness (QED) is 0.735. The molecule has 3 nitrogen and oxygen atoms in total. The number of halogens is 2. The summed E-state index contributed by atoms with van der Waals surface area (Å²) < 4.78 is 19.0. The molecule has 0 aliphatic rings. The van der Waals surface area contributed by atoms with Crippen LogP contribution in [-0.2, 0) is 0 Å². The van der Waals surface area contributed by atoms with E-state index in [0.717, 1.165) is 11.3 Å². The van der Waals surface area contributed by atoms with Gasteiger partial charge in [0.2, 0.25) is 0 Å². The maximum atomic E-state index is 13.3. The van der Waals surface area contributed by atoms with Crippen molar-refractivity contribution < 1.29 is 13.9 Å². The second kappa shape index (κ2) is 5.94. The number of thiophene rings is 1.